The molecule has 3 unspecified atom stereocenters. The third kappa shape index (κ3) is 3.03. The van der Waals surface area contributed by atoms with Crippen molar-refractivity contribution in [2.75, 3.05) is 18.9 Å². The smallest absolute Gasteiger partial charge is 0.0471 e. The zero-order valence-electron chi connectivity index (χ0n) is 10.5. The van der Waals surface area contributed by atoms with Gasteiger partial charge in [0.25, 0.3) is 0 Å². The molecular formula is C14H21NOS. The Kier molecular flexibility index (Phi) is 4.48. The number of thioether (sulfide) groups is 1. The lowest BCUT2D eigenvalue weighted by Gasteiger charge is -2.21. The maximum atomic E-state index is 9.11. The van der Waals surface area contributed by atoms with Crippen LogP contribution >= 0.6 is 11.8 Å². The van der Waals surface area contributed by atoms with Gasteiger partial charge in [-0.25, -0.2) is 0 Å². The molecule has 0 aliphatic carbocycles. The second kappa shape index (κ2) is 5.89. The average molecular weight is 251 g/mol. The zero-order chi connectivity index (χ0) is 12.3. The first-order chi connectivity index (χ1) is 8.22. The highest BCUT2D eigenvalue weighted by Crippen LogP contribution is 2.38. The molecule has 1 aromatic carbocycles. The minimum Gasteiger partial charge on any atom is -0.396 e. The summed E-state index contributed by atoms with van der Waals surface area (Å²) in [6, 6.07) is 9.05. The Labute approximate surface area is 108 Å². The van der Waals surface area contributed by atoms with Crippen LogP contribution in [-0.2, 0) is 0 Å². The van der Waals surface area contributed by atoms with E-state index in [-0.39, 0.29) is 6.61 Å². The predicted octanol–water partition coefficient (Wildman–Crippen LogP) is 2.48. The minimum atomic E-state index is 0.254. The van der Waals surface area contributed by atoms with Crippen LogP contribution in [0.3, 0.4) is 0 Å². The number of aliphatic hydroxyl groups excluding tert-OH is 1. The number of aliphatic hydroxyl groups is 1. The molecule has 0 spiro atoms. The van der Waals surface area contributed by atoms with Crippen molar-refractivity contribution in [1.29, 1.82) is 0 Å². The van der Waals surface area contributed by atoms with Crippen molar-refractivity contribution >= 4 is 11.8 Å². The van der Waals surface area contributed by atoms with E-state index in [4.69, 9.17) is 5.11 Å². The second-order valence-electron chi connectivity index (χ2n) is 4.90. The summed E-state index contributed by atoms with van der Waals surface area (Å²) in [5.74, 6) is 2.11. The molecular weight excluding hydrogens is 230 g/mol. The topological polar surface area (TPSA) is 32.3 Å². The van der Waals surface area contributed by atoms with E-state index in [9.17, 15) is 0 Å². The van der Waals surface area contributed by atoms with Crippen LogP contribution in [-0.4, -0.2) is 30.1 Å². The quantitative estimate of drug-likeness (QED) is 0.843. The summed E-state index contributed by atoms with van der Waals surface area (Å²) in [6.45, 7) is 5.49. The SMILES string of the molecule is CC(CO)C(C)NCC1CSc2ccccc21. The van der Waals surface area contributed by atoms with E-state index in [1.807, 2.05) is 11.8 Å². The Morgan fingerprint density at radius 3 is 2.94 bits per heavy atom. The summed E-state index contributed by atoms with van der Waals surface area (Å²) in [5, 5.41) is 12.7. The second-order valence-corrected chi connectivity index (χ2v) is 5.96. The first-order valence-corrected chi connectivity index (χ1v) is 7.27. The summed E-state index contributed by atoms with van der Waals surface area (Å²) in [5.41, 5.74) is 1.48. The summed E-state index contributed by atoms with van der Waals surface area (Å²) >= 11 is 1.95. The molecule has 0 saturated heterocycles. The number of rotatable bonds is 5. The first kappa shape index (κ1) is 12.9. The highest BCUT2D eigenvalue weighted by molar-refractivity contribution is 7.99. The van der Waals surface area contributed by atoms with Crippen molar-refractivity contribution in [1.82, 2.24) is 5.32 Å². The molecule has 0 bridgehead atoms. The fourth-order valence-corrected chi connectivity index (χ4v) is 3.34. The number of fused-ring (bicyclic) bond motifs is 1. The lowest BCUT2D eigenvalue weighted by molar-refractivity contribution is 0.207. The molecule has 1 aromatic rings. The lowest BCUT2D eigenvalue weighted by atomic mass is 9.99. The molecule has 17 heavy (non-hydrogen) atoms. The van der Waals surface area contributed by atoms with E-state index in [1.165, 1.54) is 16.2 Å². The monoisotopic (exact) mass is 251 g/mol. The highest BCUT2D eigenvalue weighted by Gasteiger charge is 2.23. The highest BCUT2D eigenvalue weighted by atomic mass is 32.2. The van der Waals surface area contributed by atoms with Crippen LogP contribution in [0.25, 0.3) is 0 Å². The third-order valence-electron chi connectivity index (χ3n) is 3.63. The summed E-state index contributed by atoms with van der Waals surface area (Å²) in [7, 11) is 0. The van der Waals surface area contributed by atoms with E-state index < -0.39 is 0 Å². The Bertz CT molecular complexity index is 369. The molecule has 2 rings (SSSR count). The van der Waals surface area contributed by atoms with Gasteiger partial charge in [0.1, 0.15) is 0 Å². The van der Waals surface area contributed by atoms with E-state index in [0.29, 0.717) is 17.9 Å². The van der Waals surface area contributed by atoms with Gasteiger partial charge >= 0.3 is 0 Å². The zero-order valence-corrected chi connectivity index (χ0v) is 11.3. The van der Waals surface area contributed by atoms with E-state index in [1.54, 1.807) is 0 Å². The maximum Gasteiger partial charge on any atom is 0.0471 e. The molecule has 2 nitrogen and oxygen atoms in total. The normalized spacial score (nSPS) is 22.2. The van der Waals surface area contributed by atoms with Crippen LogP contribution in [0.15, 0.2) is 29.2 Å². The minimum absolute atomic E-state index is 0.254. The lowest BCUT2D eigenvalue weighted by Crippen LogP contribution is -2.36. The fraction of sp³-hybridized carbons (Fsp3) is 0.571. The molecule has 2 N–H and O–H groups in total. The van der Waals surface area contributed by atoms with Gasteiger partial charge in [-0.1, -0.05) is 25.1 Å². The number of hydrogen-bond acceptors (Lipinski definition) is 3. The van der Waals surface area contributed by atoms with Gasteiger partial charge in [-0.2, -0.15) is 0 Å². The van der Waals surface area contributed by atoms with E-state index >= 15 is 0 Å². The molecule has 0 saturated carbocycles. The molecule has 1 aliphatic heterocycles. The number of nitrogens with one attached hydrogen (secondary N) is 1. The van der Waals surface area contributed by atoms with Gasteiger partial charge in [-0.05, 0) is 24.5 Å². The van der Waals surface area contributed by atoms with Crippen molar-refractivity contribution in [3.8, 4) is 0 Å². The van der Waals surface area contributed by atoms with Gasteiger partial charge in [0, 0.05) is 35.8 Å². The van der Waals surface area contributed by atoms with Crippen molar-refractivity contribution in [2.24, 2.45) is 5.92 Å². The predicted molar refractivity (Wildman–Crippen MR) is 73.6 cm³/mol. The average Bonchev–Trinajstić information content (AvgIpc) is 2.78. The summed E-state index contributed by atoms with van der Waals surface area (Å²) in [4.78, 5) is 1.43. The molecule has 0 radical (unpaired) electrons. The van der Waals surface area contributed by atoms with Gasteiger partial charge in [0.05, 0.1) is 0 Å². The van der Waals surface area contributed by atoms with Crippen molar-refractivity contribution in [3.05, 3.63) is 29.8 Å². The molecule has 0 amide bonds. The van der Waals surface area contributed by atoms with Crippen molar-refractivity contribution in [3.63, 3.8) is 0 Å². The van der Waals surface area contributed by atoms with Gasteiger partial charge in [-0.15, -0.1) is 11.8 Å². The fourth-order valence-electron chi connectivity index (χ4n) is 2.09. The maximum absolute atomic E-state index is 9.11. The van der Waals surface area contributed by atoms with Crippen molar-refractivity contribution in [2.45, 2.75) is 30.7 Å². The van der Waals surface area contributed by atoms with Gasteiger partial charge in [-0.3, -0.25) is 0 Å². The summed E-state index contributed by atoms with van der Waals surface area (Å²) < 4.78 is 0. The van der Waals surface area contributed by atoms with Crippen LogP contribution in [0.5, 0.6) is 0 Å². The summed E-state index contributed by atoms with van der Waals surface area (Å²) in [6.07, 6.45) is 0. The van der Waals surface area contributed by atoms with E-state index in [2.05, 4.69) is 43.4 Å². The Balaban J connectivity index is 1.90. The molecule has 1 heterocycles. The number of benzene rings is 1. The van der Waals surface area contributed by atoms with Crippen LogP contribution in [0.2, 0.25) is 0 Å². The van der Waals surface area contributed by atoms with E-state index in [0.717, 1.165) is 6.54 Å². The Morgan fingerprint density at radius 1 is 1.41 bits per heavy atom. The first-order valence-electron chi connectivity index (χ1n) is 6.28. The Hall–Kier alpha value is -0.510. The standard InChI is InChI=1S/C14H21NOS/c1-10(8-16)11(2)15-7-12-9-17-14-6-4-3-5-13(12)14/h3-6,10-12,15-16H,7-9H2,1-2H3. The van der Waals surface area contributed by atoms with Crippen molar-refractivity contribution < 1.29 is 5.11 Å². The number of hydrogen-bond donors (Lipinski definition) is 2. The molecule has 0 aromatic heterocycles. The van der Waals surface area contributed by atoms with Crippen LogP contribution < -0.4 is 5.32 Å². The third-order valence-corrected chi connectivity index (χ3v) is 4.88. The molecule has 0 fully saturated rings. The van der Waals surface area contributed by atoms with Gasteiger partial charge in [0.2, 0.25) is 0 Å². The van der Waals surface area contributed by atoms with Crippen LogP contribution in [0.1, 0.15) is 25.3 Å². The Morgan fingerprint density at radius 2 is 2.18 bits per heavy atom. The van der Waals surface area contributed by atoms with Gasteiger partial charge < -0.3 is 10.4 Å². The largest absolute Gasteiger partial charge is 0.396 e. The van der Waals surface area contributed by atoms with Gasteiger partial charge in [0.15, 0.2) is 0 Å². The molecule has 3 atom stereocenters. The van der Waals surface area contributed by atoms with Crippen LogP contribution in [0.4, 0.5) is 0 Å². The molecule has 1 aliphatic rings. The molecule has 94 valence electrons. The van der Waals surface area contributed by atoms with Crippen LogP contribution in [0, 0.1) is 5.92 Å². The molecule has 3 heteroatoms.